The maximum atomic E-state index is 11.9. The second kappa shape index (κ2) is 4.57. The number of ether oxygens (including phenoxy) is 2. The van der Waals surface area contributed by atoms with Gasteiger partial charge in [-0.3, -0.25) is 0 Å². The molecule has 0 fully saturated rings. The number of hydrogen-bond donors (Lipinski definition) is 0. The Kier molecular flexibility index (Phi) is 2.76. The monoisotopic (exact) mass is 254 g/mol. The molecule has 1 unspecified atom stereocenters. The highest BCUT2D eigenvalue weighted by atomic mass is 16.7. The van der Waals surface area contributed by atoms with Gasteiger partial charge in [0.2, 0.25) is 0 Å². The lowest BCUT2D eigenvalue weighted by Gasteiger charge is -2.11. The van der Waals surface area contributed by atoms with Gasteiger partial charge >= 0.3 is 11.9 Å². The minimum atomic E-state index is -0.962. The van der Waals surface area contributed by atoms with Crippen LogP contribution in [0.3, 0.4) is 0 Å². The molecule has 0 aliphatic carbocycles. The van der Waals surface area contributed by atoms with E-state index >= 15 is 0 Å². The molecule has 0 bridgehead atoms. The van der Waals surface area contributed by atoms with Gasteiger partial charge in [-0.25, -0.2) is 9.59 Å². The first-order valence-electron chi connectivity index (χ1n) is 5.81. The van der Waals surface area contributed by atoms with Gasteiger partial charge in [0.1, 0.15) is 0 Å². The molecule has 2 aromatic carbocycles. The van der Waals surface area contributed by atoms with Crippen molar-refractivity contribution in [3.8, 4) is 0 Å². The molecule has 0 radical (unpaired) electrons. The summed E-state index contributed by atoms with van der Waals surface area (Å²) in [6, 6.07) is 15.4. The molecule has 0 amide bonds. The maximum Gasteiger partial charge on any atom is 0.342 e. The van der Waals surface area contributed by atoms with E-state index in [2.05, 4.69) is 0 Å². The van der Waals surface area contributed by atoms with Crippen LogP contribution >= 0.6 is 0 Å². The van der Waals surface area contributed by atoms with Gasteiger partial charge < -0.3 is 9.47 Å². The molecule has 1 aliphatic rings. The number of fused-ring (bicyclic) bond motifs is 1. The van der Waals surface area contributed by atoms with Gasteiger partial charge in [0.25, 0.3) is 6.29 Å². The molecule has 94 valence electrons. The summed E-state index contributed by atoms with van der Waals surface area (Å²) >= 11 is 0. The Bertz CT molecular complexity index is 634. The van der Waals surface area contributed by atoms with E-state index in [0.29, 0.717) is 16.7 Å². The predicted molar refractivity (Wildman–Crippen MR) is 66.5 cm³/mol. The molecule has 1 heterocycles. The zero-order chi connectivity index (χ0) is 13.2. The molecule has 3 rings (SSSR count). The molecule has 0 spiro atoms. The Morgan fingerprint density at radius 1 is 1.00 bits per heavy atom. The van der Waals surface area contributed by atoms with Crippen LogP contribution < -0.4 is 0 Å². The molecule has 0 aromatic heterocycles. The molecule has 1 atom stereocenters. The molecule has 0 N–H and O–H groups in total. The third-order valence-electron chi connectivity index (χ3n) is 2.87. The lowest BCUT2D eigenvalue weighted by Crippen LogP contribution is -2.11. The molecular weight excluding hydrogens is 244 g/mol. The van der Waals surface area contributed by atoms with Crippen LogP contribution in [0.1, 0.15) is 32.6 Å². The summed E-state index contributed by atoms with van der Waals surface area (Å²) in [5.41, 5.74) is 1.44. The zero-order valence-corrected chi connectivity index (χ0v) is 9.91. The fourth-order valence-electron chi connectivity index (χ4n) is 1.94. The minimum Gasteiger partial charge on any atom is -0.417 e. The first kappa shape index (κ1) is 11.5. The molecule has 2 aromatic rings. The predicted octanol–water partition coefficient (Wildman–Crippen LogP) is 2.71. The summed E-state index contributed by atoms with van der Waals surface area (Å²) < 4.78 is 10.3. The van der Waals surface area contributed by atoms with Crippen LogP contribution in [0.15, 0.2) is 54.6 Å². The smallest absolute Gasteiger partial charge is 0.342 e. The van der Waals surface area contributed by atoms with E-state index in [0.717, 1.165) is 0 Å². The van der Waals surface area contributed by atoms with E-state index in [1.807, 2.05) is 6.07 Å². The van der Waals surface area contributed by atoms with Gasteiger partial charge in [0.15, 0.2) is 0 Å². The Balaban J connectivity index is 1.83. The normalized spacial score (nSPS) is 16.6. The second-order valence-electron chi connectivity index (χ2n) is 4.10. The van der Waals surface area contributed by atoms with Crippen molar-refractivity contribution in [2.75, 3.05) is 0 Å². The fourth-order valence-corrected chi connectivity index (χ4v) is 1.94. The summed E-state index contributed by atoms with van der Waals surface area (Å²) in [7, 11) is 0. The first-order chi connectivity index (χ1) is 9.25. The summed E-state index contributed by atoms with van der Waals surface area (Å²) in [6.07, 6.45) is -0.962. The maximum absolute atomic E-state index is 11.9. The standard InChI is InChI=1S/C15H10O4/c16-13(10-6-2-1-3-7-10)18-15-12-9-5-4-8-11(12)14(17)19-15/h1-9,15H. The van der Waals surface area contributed by atoms with Crippen LogP contribution in [0.2, 0.25) is 0 Å². The van der Waals surface area contributed by atoms with E-state index in [1.165, 1.54) is 0 Å². The Labute approximate surface area is 109 Å². The number of carbonyl (C=O) groups is 2. The third kappa shape index (κ3) is 2.08. The number of esters is 2. The highest BCUT2D eigenvalue weighted by molar-refractivity contribution is 5.95. The van der Waals surface area contributed by atoms with Crippen molar-refractivity contribution in [1.82, 2.24) is 0 Å². The van der Waals surface area contributed by atoms with Crippen molar-refractivity contribution in [1.29, 1.82) is 0 Å². The number of rotatable bonds is 2. The Hall–Kier alpha value is -2.62. The first-order valence-corrected chi connectivity index (χ1v) is 5.81. The van der Waals surface area contributed by atoms with Crippen molar-refractivity contribution in [3.05, 3.63) is 71.3 Å². The lowest BCUT2D eigenvalue weighted by molar-refractivity contribution is -0.0724. The summed E-state index contributed by atoms with van der Waals surface area (Å²) in [5, 5.41) is 0. The Morgan fingerprint density at radius 2 is 1.68 bits per heavy atom. The average molecular weight is 254 g/mol. The summed E-state index contributed by atoms with van der Waals surface area (Å²) in [6.45, 7) is 0. The van der Waals surface area contributed by atoms with E-state index < -0.39 is 18.2 Å². The average Bonchev–Trinajstić information content (AvgIpc) is 2.77. The van der Waals surface area contributed by atoms with Gasteiger partial charge in [-0.15, -0.1) is 0 Å². The zero-order valence-electron chi connectivity index (χ0n) is 9.91. The van der Waals surface area contributed by atoms with Gasteiger partial charge in [0.05, 0.1) is 11.1 Å². The number of cyclic esters (lactones) is 1. The van der Waals surface area contributed by atoms with Crippen LogP contribution in [0.25, 0.3) is 0 Å². The number of carbonyl (C=O) groups excluding carboxylic acids is 2. The molecule has 4 nitrogen and oxygen atoms in total. The molecule has 4 heteroatoms. The Morgan fingerprint density at radius 3 is 2.47 bits per heavy atom. The van der Waals surface area contributed by atoms with Crippen molar-refractivity contribution >= 4 is 11.9 Å². The van der Waals surface area contributed by atoms with Crippen molar-refractivity contribution < 1.29 is 19.1 Å². The van der Waals surface area contributed by atoms with Gasteiger partial charge in [-0.2, -0.15) is 0 Å². The van der Waals surface area contributed by atoms with Crippen LogP contribution in [-0.4, -0.2) is 11.9 Å². The van der Waals surface area contributed by atoms with E-state index in [-0.39, 0.29) is 0 Å². The number of hydrogen-bond acceptors (Lipinski definition) is 4. The topological polar surface area (TPSA) is 52.6 Å². The van der Waals surface area contributed by atoms with Gasteiger partial charge in [-0.05, 0) is 18.2 Å². The van der Waals surface area contributed by atoms with Crippen LogP contribution in [0.5, 0.6) is 0 Å². The summed E-state index contributed by atoms with van der Waals surface area (Å²) in [5.74, 6) is -0.989. The van der Waals surface area contributed by atoms with Crippen LogP contribution in [0.4, 0.5) is 0 Å². The highest BCUT2D eigenvalue weighted by Crippen LogP contribution is 2.31. The van der Waals surface area contributed by atoms with E-state index in [9.17, 15) is 9.59 Å². The molecular formula is C15H10O4. The van der Waals surface area contributed by atoms with Crippen molar-refractivity contribution in [2.45, 2.75) is 6.29 Å². The van der Waals surface area contributed by atoms with E-state index in [1.54, 1.807) is 48.5 Å². The molecule has 0 saturated carbocycles. The quantitative estimate of drug-likeness (QED) is 0.773. The van der Waals surface area contributed by atoms with Crippen molar-refractivity contribution in [2.24, 2.45) is 0 Å². The molecule has 0 saturated heterocycles. The SMILES string of the molecule is O=C(OC1OC(=O)c2ccccc21)c1ccccc1. The third-order valence-corrected chi connectivity index (χ3v) is 2.87. The van der Waals surface area contributed by atoms with Crippen LogP contribution in [-0.2, 0) is 9.47 Å². The number of benzene rings is 2. The molecule has 19 heavy (non-hydrogen) atoms. The minimum absolute atomic E-state index is 0.419. The fraction of sp³-hybridized carbons (Fsp3) is 0.0667. The van der Waals surface area contributed by atoms with Gasteiger partial charge in [0, 0.05) is 5.56 Å². The van der Waals surface area contributed by atoms with Gasteiger partial charge in [-0.1, -0.05) is 36.4 Å². The highest BCUT2D eigenvalue weighted by Gasteiger charge is 2.33. The van der Waals surface area contributed by atoms with Crippen LogP contribution in [0, 0.1) is 0 Å². The van der Waals surface area contributed by atoms with E-state index in [4.69, 9.17) is 9.47 Å². The largest absolute Gasteiger partial charge is 0.417 e. The molecule has 1 aliphatic heterocycles. The second-order valence-corrected chi connectivity index (χ2v) is 4.10. The van der Waals surface area contributed by atoms with Crippen molar-refractivity contribution in [3.63, 3.8) is 0 Å². The lowest BCUT2D eigenvalue weighted by atomic mass is 10.1. The summed E-state index contributed by atoms with van der Waals surface area (Å²) in [4.78, 5) is 23.5.